The molecule has 0 spiro atoms. The number of β-amino-alcohol motifs (C(OH)–C–C–N with tert-alkyl or cyclic N) is 1. The summed E-state index contributed by atoms with van der Waals surface area (Å²) < 4.78 is 82.5. The second-order valence-electron chi connectivity index (χ2n) is 11.0. The number of hydrogen-bond acceptors (Lipinski definition) is 6. The number of allylic oxidation sites excluding steroid dienone is 4. The van der Waals surface area contributed by atoms with Crippen LogP contribution in [-0.2, 0) is 22.3 Å². The van der Waals surface area contributed by atoms with Gasteiger partial charge < -0.3 is 21.1 Å². The van der Waals surface area contributed by atoms with Crippen molar-refractivity contribution in [2.75, 3.05) is 18.8 Å². The van der Waals surface area contributed by atoms with Crippen molar-refractivity contribution in [2.45, 2.75) is 43.8 Å². The van der Waals surface area contributed by atoms with Crippen LogP contribution in [0.4, 0.5) is 32.2 Å². The molecule has 14 heteroatoms. The summed E-state index contributed by atoms with van der Waals surface area (Å²) >= 11 is 0.912. The maximum absolute atomic E-state index is 14.2. The quantitative estimate of drug-likeness (QED) is 0.209. The van der Waals surface area contributed by atoms with Crippen LogP contribution in [-0.4, -0.2) is 51.7 Å². The van der Waals surface area contributed by atoms with E-state index in [2.05, 4.69) is 10.3 Å². The first-order valence-corrected chi connectivity index (χ1v) is 14.9. The van der Waals surface area contributed by atoms with Crippen molar-refractivity contribution in [3.05, 3.63) is 94.0 Å². The Labute approximate surface area is 263 Å². The van der Waals surface area contributed by atoms with E-state index in [4.69, 9.17) is 5.73 Å². The number of benzene rings is 1. The number of fused-ring (bicyclic) bond motifs is 1. The number of nitrogens with two attached hydrogens (primary N) is 1. The first kappa shape index (κ1) is 32.9. The van der Waals surface area contributed by atoms with Crippen LogP contribution < -0.4 is 11.1 Å². The van der Waals surface area contributed by atoms with Crippen molar-refractivity contribution in [3.8, 4) is 0 Å². The van der Waals surface area contributed by atoms with Gasteiger partial charge in [-0.2, -0.15) is 26.3 Å². The fourth-order valence-corrected chi connectivity index (χ4v) is 6.25. The number of aliphatic hydroxyl groups is 1. The number of rotatable bonds is 6. The number of aromatic nitrogens is 1. The van der Waals surface area contributed by atoms with Gasteiger partial charge in [0.2, 0.25) is 5.91 Å². The average molecular weight is 663 g/mol. The Morgan fingerprint density at radius 1 is 1.09 bits per heavy atom. The number of halogens is 6. The lowest BCUT2D eigenvalue weighted by Gasteiger charge is -2.26. The topological polar surface area (TPSA) is 109 Å². The highest BCUT2D eigenvalue weighted by atomic mass is 32.1. The minimum absolute atomic E-state index is 0.00126. The van der Waals surface area contributed by atoms with Crippen LogP contribution in [0.1, 0.15) is 40.8 Å². The summed E-state index contributed by atoms with van der Waals surface area (Å²) in [7, 11) is 0. The van der Waals surface area contributed by atoms with Crippen LogP contribution in [0, 0.1) is 0 Å². The molecule has 5 rings (SSSR count). The van der Waals surface area contributed by atoms with Gasteiger partial charge in [0.15, 0.2) is 5.60 Å². The van der Waals surface area contributed by atoms with Gasteiger partial charge in [-0.15, -0.1) is 11.3 Å². The molecule has 0 bridgehead atoms. The summed E-state index contributed by atoms with van der Waals surface area (Å²) in [4.78, 5) is 30.7. The average Bonchev–Trinajstić information content (AvgIpc) is 3.58. The Morgan fingerprint density at radius 3 is 2.52 bits per heavy atom. The Bertz CT molecular complexity index is 1770. The molecule has 2 aliphatic rings. The van der Waals surface area contributed by atoms with Gasteiger partial charge in [-0.3, -0.25) is 9.59 Å². The molecule has 46 heavy (non-hydrogen) atoms. The van der Waals surface area contributed by atoms with Gasteiger partial charge in [0.25, 0.3) is 5.91 Å². The number of carbonyl (C=O) groups excluding carboxylic acids is 2. The monoisotopic (exact) mass is 662 g/mol. The number of likely N-dealkylation sites (tertiary alicyclic amines) is 1. The molecule has 0 radical (unpaired) electrons. The van der Waals surface area contributed by atoms with Gasteiger partial charge >= 0.3 is 12.4 Å². The smallest absolute Gasteiger partial charge is 0.384 e. The third-order valence-corrected chi connectivity index (χ3v) is 8.81. The number of thiophene rings is 1. The third kappa shape index (κ3) is 7.34. The van der Waals surface area contributed by atoms with E-state index in [9.17, 15) is 41.0 Å². The maximum atomic E-state index is 14.2. The molecular formula is C32H28F6N4O3S. The molecule has 242 valence electrons. The van der Waals surface area contributed by atoms with Gasteiger partial charge in [0.1, 0.15) is 5.82 Å². The van der Waals surface area contributed by atoms with Gasteiger partial charge in [-0.1, -0.05) is 18.2 Å². The molecule has 1 aliphatic heterocycles. The minimum atomic E-state index is -4.89. The molecule has 7 nitrogen and oxygen atoms in total. The fraction of sp³-hybridized carbons (Fsp3) is 0.281. The number of alkyl halides is 6. The van der Waals surface area contributed by atoms with Crippen molar-refractivity contribution < 1.29 is 41.0 Å². The highest BCUT2D eigenvalue weighted by Gasteiger charge is 2.57. The van der Waals surface area contributed by atoms with E-state index in [1.54, 1.807) is 36.4 Å². The molecule has 3 aromatic rings. The predicted molar refractivity (Wildman–Crippen MR) is 163 cm³/mol. The zero-order chi connectivity index (χ0) is 33.3. The molecule has 3 heterocycles. The van der Waals surface area contributed by atoms with E-state index in [0.29, 0.717) is 40.1 Å². The lowest BCUT2D eigenvalue weighted by atomic mass is 9.96. The summed E-state index contributed by atoms with van der Waals surface area (Å²) in [5.74, 6) is -0.824. The third-order valence-electron chi connectivity index (χ3n) is 7.63. The number of carbonyl (C=O) groups is 2. The zero-order valence-corrected chi connectivity index (χ0v) is 24.9. The lowest BCUT2D eigenvalue weighted by molar-refractivity contribution is -0.253. The molecule has 2 amide bonds. The van der Waals surface area contributed by atoms with E-state index >= 15 is 0 Å². The van der Waals surface area contributed by atoms with Crippen LogP contribution in [0.5, 0.6) is 0 Å². The highest BCUT2D eigenvalue weighted by molar-refractivity contribution is 7.19. The number of hydrogen-bond donors (Lipinski definition) is 3. The molecule has 4 N–H and O–H groups in total. The maximum Gasteiger partial charge on any atom is 0.419 e. The Kier molecular flexibility index (Phi) is 9.14. The van der Waals surface area contributed by atoms with Crippen LogP contribution >= 0.6 is 11.3 Å². The van der Waals surface area contributed by atoms with Crippen LogP contribution in [0.25, 0.3) is 21.7 Å². The normalized spacial score (nSPS) is 22.2. The van der Waals surface area contributed by atoms with Crippen molar-refractivity contribution in [2.24, 2.45) is 0 Å². The van der Waals surface area contributed by atoms with E-state index < -0.39 is 48.3 Å². The standard InChI is InChI=1S/C32H28F6N4O3S/c33-31(34,35)25-15-22(13-23-14-24(46-28(23)25)17-41-27(43)10-6-19-5-9-26(39)40-16-19)20-3-1-2-4-21(8-7-20)29(44)42-12-11-30(45,18-42)32(36,37)38/h3-10,13-16,45H,1-2,11-12,17-18H2,(H2,39,40)(H,41,43)/b8-7-,10-6+,20-3+,21-4+. The lowest BCUT2D eigenvalue weighted by Crippen LogP contribution is -2.48. The number of nitrogens with zero attached hydrogens (tertiary/aromatic N) is 2. The van der Waals surface area contributed by atoms with Crippen LogP contribution in [0.3, 0.4) is 0 Å². The van der Waals surface area contributed by atoms with E-state index in [-0.39, 0.29) is 28.9 Å². The summed E-state index contributed by atoms with van der Waals surface area (Å²) in [5.41, 5.74) is 3.07. The van der Waals surface area contributed by atoms with Crippen LogP contribution in [0.2, 0.25) is 0 Å². The number of pyridine rings is 1. The molecule has 2 aromatic heterocycles. The Morgan fingerprint density at radius 2 is 1.85 bits per heavy atom. The molecule has 1 atom stereocenters. The first-order valence-electron chi connectivity index (χ1n) is 14.1. The van der Waals surface area contributed by atoms with Gasteiger partial charge in [-0.25, -0.2) is 4.98 Å². The van der Waals surface area contributed by atoms with Crippen molar-refractivity contribution in [1.29, 1.82) is 0 Å². The molecule has 1 aromatic carbocycles. The summed E-state index contributed by atoms with van der Waals surface area (Å²) in [6.07, 6.45) is 0.885. The largest absolute Gasteiger partial charge is 0.419 e. The number of anilines is 1. The van der Waals surface area contributed by atoms with Gasteiger partial charge in [0.05, 0.1) is 18.7 Å². The van der Waals surface area contributed by atoms with Crippen LogP contribution in [0.15, 0.2) is 72.5 Å². The van der Waals surface area contributed by atoms with Gasteiger partial charge in [-0.05, 0) is 77.4 Å². The molecule has 1 aliphatic carbocycles. The number of nitrogen functional groups attached to an aromatic ring is 1. The molecular weight excluding hydrogens is 634 g/mol. The number of nitrogens with one attached hydrogen (secondary N) is 1. The van der Waals surface area contributed by atoms with Crippen molar-refractivity contribution >= 4 is 50.7 Å². The molecule has 1 unspecified atom stereocenters. The van der Waals surface area contributed by atoms with E-state index in [1.165, 1.54) is 30.5 Å². The summed E-state index contributed by atoms with van der Waals surface area (Å²) in [5, 5.41) is 12.9. The second kappa shape index (κ2) is 12.8. The predicted octanol–water partition coefficient (Wildman–Crippen LogP) is 6.41. The number of amides is 2. The summed E-state index contributed by atoms with van der Waals surface area (Å²) in [6.45, 7) is -1.19. The van der Waals surface area contributed by atoms with E-state index in [0.717, 1.165) is 22.3 Å². The molecule has 0 saturated carbocycles. The van der Waals surface area contributed by atoms with Gasteiger partial charge in [0, 0.05) is 40.4 Å². The Balaban J connectivity index is 1.34. The first-order chi connectivity index (χ1) is 21.6. The van der Waals surface area contributed by atoms with Crippen molar-refractivity contribution in [1.82, 2.24) is 15.2 Å². The fourth-order valence-electron chi connectivity index (χ4n) is 5.14. The zero-order valence-electron chi connectivity index (χ0n) is 24.1. The molecule has 1 fully saturated rings. The highest BCUT2D eigenvalue weighted by Crippen LogP contribution is 2.42. The second-order valence-corrected chi connectivity index (χ2v) is 12.1. The SMILES string of the molecule is Nc1ccc(/C=C/C(=O)NCc2cc3cc(C4=C/CC\C=C(C(=O)N5CCC(O)(C(F)(F)F)C5)/C=C\4)cc(C(F)(F)F)c3s2)cn1. The Hall–Kier alpha value is -4.43. The molecule has 1 saturated heterocycles. The minimum Gasteiger partial charge on any atom is -0.384 e. The van der Waals surface area contributed by atoms with Crippen molar-refractivity contribution in [3.63, 3.8) is 0 Å². The summed E-state index contributed by atoms with van der Waals surface area (Å²) in [6, 6.07) is 7.44. The van der Waals surface area contributed by atoms with E-state index in [1.807, 2.05) is 0 Å².